The quantitative estimate of drug-likeness (QED) is 0.0664. The zero-order chi connectivity index (χ0) is 39.1. The maximum absolute atomic E-state index is 12.3. The summed E-state index contributed by atoms with van der Waals surface area (Å²) < 4.78 is 39.9. The third-order valence-corrected chi connectivity index (χ3v) is 8.25. The molecule has 0 saturated carbocycles. The monoisotopic (exact) mass is 753 g/mol. The molecule has 0 aromatic heterocycles. The lowest BCUT2D eigenvalue weighted by molar-refractivity contribution is -0.394. The van der Waals surface area contributed by atoms with Crippen LogP contribution in [0.2, 0.25) is 0 Å². The third kappa shape index (κ3) is 12.6. The maximum atomic E-state index is 12.3. The van der Waals surface area contributed by atoms with Crippen LogP contribution in [0.25, 0.3) is 0 Å². The highest BCUT2D eigenvalue weighted by Gasteiger charge is 2.25. The smallest absolute Gasteiger partial charge is 0.330 e. The molecule has 53 heavy (non-hydrogen) atoms. The van der Waals surface area contributed by atoms with Crippen LogP contribution in [-0.4, -0.2) is 68.2 Å². The molecule has 0 radical (unpaired) electrons. The molecule has 4 aromatic rings. The van der Waals surface area contributed by atoms with Gasteiger partial charge in [0.15, 0.2) is 17.5 Å². The van der Waals surface area contributed by atoms with E-state index in [0.29, 0.717) is 38.0 Å². The first-order valence-corrected chi connectivity index (χ1v) is 17.5. The van der Waals surface area contributed by atoms with Crippen molar-refractivity contribution in [2.75, 3.05) is 26.9 Å². The highest BCUT2D eigenvalue weighted by atomic mass is 32.2. The number of methoxy groups -OCH3 is 1. The number of nitro groups is 2. The Balaban J connectivity index is 0.000000287. The Morgan fingerprint density at radius 1 is 0.868 bits per heavy atom. The minimum atomic E-state index is -3.84. The number of carbonyl (C=O) groups excluding carboxylic acids is 1. The summed E-state index contributed by atoms with van der Waals surface area (Å²) in [5.41, 5.74) is -0.546. The van der Waals surface area contributed by atoms with E-state index in [1.54, 1.807) is 30.3 Å². The van der Waals surface area contributed by atoms with Crippen LogP contribution in [-0.2, 0) is 21.2 Å². The topological polar surface area (TPSA) is 253 Å². The summed E-state index contributed by atoms with van der Waals surface area (Å²) in [4.78, 5) is 43.6. The number of rotatable bonds is 17. The van der Waals surface area contributed by atoms with Crippen molar-refractivity contribution in [3.05, 3.63) is 128 Å². The lowest BCUT2D eigenvalue weighted by Crippen LogP contribution is -2.33. The summed E-state index contributed by atoms with van der Waals surface area (Å²) in [6.07, 6.45) is 0.641. The molecule has 282 valence electrons. The van der Waals surface area contributed by atoms with Gasteiger partial charge in [-0.3, -0.25) is 25.0 Å². The molecule has 2 atom stereocenters. The Morgan fingerprint density at radius 2 is 1.45 bits per heavy atom. The summed E-state index contributed by atoms with van der Waals surface area (Å²) in [5, 5.41) is 41.8. The zero-order valence-corrected chi connectivity index (χ0v) is 29.8. The lowest BCUT2D eigenvalue weighted by atomic mass is 10.1. The number of primary sulfonamides is 1. The Labute approximate surface area is 305 Å². The van der Waals surface area contributed by atoms with Gasteiger partial charge in [0.25, 0.3) is 17.3 Å². The highest BCUT2D eigenvalue weighted by Crippen LogP contribution is 2.27. The summed E-state index contributed by atoms with van der Waals surface area (Å²) in [6.45, 7) is 5.66. The molecule has 0 fully saturated rings. The van der Waals surface area contributed by atoms with E-state index in [1.165, 1.54) is 19.2 Å². The molecule has 0 aliphatic heterocycles. The second-order valence-electron chi connectivity index (χ2n) is 11.2. The van der Waals surface area contributed by atoms with E-state index in [4.69, 9.17) is 19.3 Å². The molecule has 18 heteroatoms. The van der Waals surface area contributed by atoms with E-state index in [1.807, 2.05) is 44.2 Å². The number of benzene rings is 4. The van der Waals surface area contributed by atoms with Crippen LogP contribution in [0.4, 0.5) is 11.4 Å². The summed E-state index contributed by atoms with van der Waals surface area (Å²) in [5.74, 6) is -0.644. The summed E-state index contributed by atoms with van der Waals surface area (Å²) in [6, 6.07) is 21.5. The van der Waals surface area contributed by atoms with Crippen LogP contribution in [0.3, 0.4) is 0 Å². The number of nitrogens with zero attached hydrogens (tertiary/aromatic N) is 2. The van der Waals surface area contributed by atoms with E-state index in [2.05, 4.69) is 10.6 Å². The number of aliphatic carboxylic acids is 1. The fourth-order valence-electron chi connectivity index (χ4n) is 4.89. The van der Waals surface area contributed by atoms with Crippen molar-refractivity contribution in [3.8, 4) is 17.2 Å². The van der Waals surface area contributed by atoms with Gasteiger partial charge in [-0.1, -0.05) is 48.5 Å². The van der Waals surface area contributed by atoms with Crippen LogP contribution >= 0.6 is 0 Å². The van der Waals surface area contributed by atoms with E-state index < -0.39 is 49.2 Å². The number of carbonyl (C=O) groups is 2. The Kier molecular flexibility index (Phi) is 15.2. The number of nitrogens with two attached hydrogens (primary N) is 1. The number of nitrogens with one attached hydrogen (secondary N) is 2. The van der Waals surface area contributed by atoms with Crippen molar-refractivity contribution >= 4 is 33.3 Å². The lowest BCUT2D eigenvalue weighted by Gasteiger charge is -2.16. The Morgan fingerprint density at radius 3 is 1.98 bits per heavy atom. The van der Waals surface area contributed by atoms with Crippen molar-refractivity contribution < 1.29 is 47.2 Å². The van der Waals surface area contributed by atoms with Crippen molar-refractivity contribution in [1.29, 1.82) is 0 Å². The number of nitro benzene ring substituents is 2. The standard InChI is InChI=1S/C20H28N2O5S.C15H11N3O7/c1-4-26-17-7-5-6-8-18(17)27-12-11-22-15(2)13-16-9-10-19(25-3)20(14-16)28(21,23)24;19-14(16-13(15(20)21)9-4-2-1-3-5-9)10-6-11(17(22)23)8-12(7-10)18(24)25/h5-10,14-15,22H,4,11-13H2,1-3H3,(H2,21,23,24);1-8,13H,(H,16,19)(H,20,21)/t15-;13-/m11/s1. The van der Waals surface area contributed by atoms with Crippen LogP contribution < -0.4 is 30.0 Å². The number of non-ortho nitro benzene ring substituents is 2. The number of carboxylic acids is 1. The normalized spacial score (nSPS) is 11.9. The van der Waals surface area contributed by atoms with E-state index in [9.17, 15) is 43.3 Å². The number of carboxylic acid groups (broad SMARTS) is 1. The van der Waals surface area contributed by atoms with Gasteiger partial charge in [-0.25, -0.2) is 18.4 Å². The number of ether oxygens (including phenoxy) is 3. The van der Waals surface area contributed by atoms with Gasteiger partial charge in [0.1, 0.15) is 17.3 Å². The van der Waals surface area contributed by atoms with Gasteiger partial charge in [0.05, 0.1) is 35.2 Å². The Bertz CT molecular complexity index is 1980. The molecule has 0 bridgehead atoms. The number of sulfonamides is 1. The second-order valence-corrected chi connectivity index (χ2v) is 12.8. The highest BCUT2D eigenvalue weighted by molar-refractivity contribution is 7.89. The van der Waals surface area contributed by atoms with Gasteiger partial charge < -0.3 is 30.0 Å². The van der Waals surface area contributed by atoms with Crippen LogP contribution in [0.15, 0.2) is 95.9 Å². The van der Waals surface area contributed by atoms with Crippen molar-refractivity contribution in [3.63, 3.8) is 0 Å². The molecule has 0 aliphatic rings. The Hall–Kier alpha value is -6.11. The average Bonchev–Trinajstić information content (AvgIpc) is 3.13. The number of hydrogen-bond donors (Lipinski definition) is 4. The third-order valence-electron chi connectivity index (χ3n) is 7.32. The predicted molar refractivity (Wildman–Crippen MR) is 193 cm³/mol. The number of para-hydroxylation sites is 2. The van der Waals surface area contributed by atoms with E-state index >= 15 is 0 Å². The molecule has 1 amide bonds. The molecule has 0 saturated heterocycles. The molecule has 0 unspecified atom stereocenters. The maximum Gasteiger partial charge on any atom is 0.330 e. The average molecular weight is 754 g/mol. The van der Waals surface area contributed by atoms with Gasteiger partial charge in [-0.15, -0.1) is 0 Å². The molecule has 5 N–H and O–H groups in total. The van der Waals surface area contributed by atoms with Crippen LogP contribution in [0.1, 0.15) is 41.4 Å². The SMILES string of the molecule is CCOc1ccccc1OCCN[C@H](C)Cc1ccc(OC)c(S(N)(=O)=O)c1.O=C(N[C@@H](C(=O)O)c1ccccc1)c1cc([N+](=O)[O-])cc([N+](=O)[O-])c1. The fraction of sp³-hybridized carbons (Fsp3) is 0.257. The van der Waals surface area contributed by atoms with E-state index in [-0.39, 0.29) is 27.8 Å². The van der Waals surface area contributed by atoms with Gasteiger partial charge in [-0.2, -0.15) is 0 Å². The van der Waals surface area contributed by atoms with Gasteiger partial charge >= 0.3 is 5.97 Å². The molecule has 0 aliphatic carbocycles. The van der Waals surface area contributed by atoms with Crippen LogP contribution in [0, 0.1) is 20.2 Å². The molecular weight excluding hydrogens is 714 g/mol. The number of amides is 1. The number of hydrogen-bond acceptors (Lipinski definition) is 12. The van der Waals surface area contributed by atoms with Crippen LogP contribution in [0.5, 0.6) is 17.2 Å². The molecule has 0 heterocycles. The second kappa shape index (κ2) is 19.5. The van der Waals surface area contributed by atoms with Gasteiger partial charge in [0.2, 0.25) is 10.0 Å². The van der Waals surface area contributed by atoms with Crippen molar-refractivity contribution in [2.45, 2.75) is 37.2 Å². The zero-order valence-electron chi connectivity index (χ0n) is 29.0. The first-order chi connectivity index (χ1) is 25.1. The first kappa shape index (κ1) is 41.3. The predicted octanol–water partition coefficient (Wildman–Crippen LogP) is 4.40. The van der Waals surface area contributed by atoms with Crippen molar-refractivity contribution in [1.82, 2.24) is 10.6 Å². The molecule has 0 spiro atoms. The van der Waals surface area contributed by atoms with Crippen molar-refractivity contribution in [2.24, 2.45) is 5.14 Å². The molecular formula is C35H39N5O12S. The van der Waals surface area contributed by atoms with E-state index in [0.717, 1.165) is 23.4 Å². The first-order valence-electron chi connectivity index (χ1n) is 15.9. The summed E-state index contributed by atoms with van der Waals surface area (Å²) in [7, 11) is -2.43. The molecule has 4 rings (SSSR count). The van der Waals surface area contributed by atoms with Gasteiger partial charge in [0, 0.05) is 24.7 Å². The minimum Gasteiger partial charge on any atom is -0.495 e. The molecule has 17 nitrogen and oxygen atoms in total. The largest absolute Gasteiger partial charge is 0.495 e. The van der Waals surface area contributed by atoms with Gasteiger partial charge in [-0.05, 0) is 55.7 Å². The summed E-state index contributed by atoms with van der Waals surface area (Å²) >= 11 is 0. The fourth-order valence-corrected chi connectivity index (χ4v) is 5.64. The minimum absolute atomic E-state index is 0.00411. The molecule has 4 aromatic carbocycles.